The van der Waals surface area contributed by atoms with Crippen molar-refractivity contribution in [1.82, 2.24) is 9.80 Å². The van der Waals surface area contributed by atoms with Crippen molar-refractivity contribution >= 4 is 30.6 Å². The van der Waals surface area contributed by atoms with Crippen LogP contribution < -0.4 is 0 Å². The zero-order valence-corrected chi connectivity index (χ0v) is 18.6. The molecule has 1 fully saturated rings. The molecule has 3 rings (SSSR count). The average Bonchev–Trinajstić information content (AvgIpc) is 2.68. The van der Waals surface area contributed by atoms with Crippen LogP contribution in [0.5, 0.6) is 0 Å². The largest absolute Gasteiger partial charge is 0.306 e. The van der Waals surface area contributed by atoms with E-state index >= 15 is 0 Å². The molecule has 0 saturated carbocycles. The standard InChI is InChI=1S/C23H30N2O.2ClH/c1-18(17-25-15-13-22(14-16-25)24(2)3)19-9-11-21(12-10-19)23(26)20-7-5-4-6-8-20;;/h4-12,18,22H,13-17H2,1-3H3;2*1H. The molecule has 2 aromatic rings. The summed E-state index contributed by atoms with van der Waals surface area (Å²) in [5, 5.41) is 0. The lowest BCUT2D eigenvalue weighted by molar-refractivity contribution is 0.103. The SMILES string of the molecule is CC(CN1CCC(N(C)C)CC1)c1ccc(C(=O)c2ccccc2)cc1.Cl.Cl. The third-order valence-electron chi connectivity index (χ3n) is 5.60. The number of rotatable bonds is 6. The molecule has 1 aliphatic heterocycles. The Bertz CT molecular complexity index is 711. The van der Waals surface area contributed by atoms with E-state index in [-0.39, 0.29) is 30.6 Å². The third-order valence-corrected chi connectivity index (χ3v) is 5.60. The summed E-state index contributed by atoms with van der Waals surface area (Å²) in [4.78, 5) is 17.4. The minimum Gasteiger partial charge on any atom is -0.306 e. The van der Waals surface area contributed by atoms with Gasteiger partial charge in [-0.2, -0.15) is 0 Å². The molecule has 1 saturated heterocycles. The van der Waals surface area contributed by atoms with Crippen LogP contribution in [0.15, 0.2) is 54.6 Å². The Labute approximate surface area is 181 Å². The number of likely N-dealkylation sites (tertiary alicyclic amines) is 1. The van der Waals surface area contributed by atoms with E-state index in [0.29, 0.717) is 5.92 Å². The van der Waals surface area contributed by atoms with Crippen LogP contribution in [0.1, 0.15) is 47.2 Å². The maximum Gasteiger partial charge on any atom is 0.193 e. The molecule has 0 aliphatic carbocycles. The van der Waals surface area contributed by atoms with Gasteiger partial charge in [0, 0.05) is 23.7 Å². The van der Waals surface area contributed by atoms with Gasteiger partial charge in [-0.15, -0.1) is 24.8 Å². The lowest BCUT2D eigenvalue weighted by Gasteiger charge is -2.36. The van der Waals surface area contributed by atoms with Gasteiger partial charge in [-0.3, -0.25) is 4.79 Å². The normalized spacial score (nSPS) is 16.1. The summed E-state index contributed by atoms with van der Waals surface area (Å²) in [6, 6.07) is 18.4. The molecule has 1 unspecified atom stereocenters. The fraction of sp³-hybridized carbons (Fsp3) is 0.435. The van der Waals surface area contributed by atoms with Crippen molar-refractivity contribution in [3.63, 3.8) is 0 Å². The van der Waals surface area contributed by atoms with E-state index in [0.717, 1.165) is 23.7 Å². The van der Waals surface area contributed by atoms with Crippen LogP contribution in [0.25, 0.3) is 0 Å². The van der Waals surface area contributed by atoms with Gasteiger partial charge in [-0.25, -0.2) is 0 Å². The molecule has 5 heteroatoms. The Morgan fingerprint density at radius 2 is 1.50 bits per heavy atom. The molecule has 3 nitrogen and oxygen atoms in total. The monoisotopic (exact) mass is 422 g/mol. The molecule has 1 heterocycles. The van der Waals surface area contributed by atoms with E-state index < -0.39 is 0 Å². The van der Waals surface area contributed by atoms with Crippen LogP contribution in [0.4, 0.5) is 0 Å². The van der Waals surface area contributed by atoms with E-state index in [1.54, 1.807) is 0 Å². The predicted molar refractivity (Wildman–Crippen MR) is 122 cm³/mol. The first kappa shape index (κ1) is 24.6. The minimum absolute atomic E-state index is 0. The molecule has 0 radical (unpaired) electrons. The lowest BCUT2D eigenvalue weighted by Crippen LogP contribution is -2.43. The molecule has 154 valence electrons. The van der Waals surface area contributed by atoms with Crippen molar-refractivity contribution in [2.24, 2.45) is 0 Å². The predicted octanol–water partition coefficient (Wildman–Crippen LogP) is 4.89. The van der Waals surface area contributed by atoms with E-state index in [1.165, 1.54) is 31.5 Å². The number of hydrogen-bond acceptors (Lipinski definition) is 3. The van der Waals surface area contributed by atoms with E-state index in [1.807, 2.05) is 42.5 Å². The van der Waals surface area contributed by atoms with Crippen molar-refractivity contribution in [1.29, 1.82) is 0 Å². The topological polar surface area (TPSA) is 23.6 Å². The number of ketones is 1. The highest BCUT2D eigenvalue weighted by Gasteiger charge is 2.22. The summed E-state index contributed by atoms with van der Waals surface area (Å²) in [5.74, 6) is 0.572. The highest BCUT2D eigenvalue weighted by Crippen LogP contribution is 2.21. The van der Waals surface area contributed by atoms with Gasteiger partial charge in [0.2, 0.25) is 0 Å². The molecule has 0 spiro atoms. The summed E-state index contributed by atoms with van der Waals surface area (Å²) in [6.45, 7) is 5.73. The van der Waals surface area contributed by atoms with E-state index in [4.69, 9.17) is 0 Å². The number of halogens is 2. The van der Waals surface area contributed by atoms with Crippen molar-refractivity contribution in [3.8, 4) is 0 Å². The quantitative estimate of drug-likeness (QED) is 0.618. The van der Waals surface area contributed by atoms with E-state index in [9.17, 15) is 4.79 Å². The number of hydrogen-bond donors (Lipinski definition) is 0. The highest BCUT2D eigenvalue weighted by molar-refractivity contribution is 6.08. The summed E-state index contributed by atoms with van der Waals surface area (Å²) < 4.78 is 0. The fourth-order valence-corrected chi connectivity index (χ4v) is 3.83. The summed E-state index contributed by atoms with van der Waals surface area (Å²) >= 11 is 0. The van der Waals surface area contributed by atoms with E-state index in [2.05, 4.69) is 43.0 Å². The smallest absolute Gasteiger partial charge is 0.193 e. The first-order chi connectivity index (χ1) is 12.5. The van der Waals surface area contributed by atoms with Gasteiger partial charge < -0.3 is 9.80 Å². The van der Waals surface area contributed by atoms with Gasteiger partial charge in [-0.05, 0) is 51.5 Å². The molecule has 0 aromatic heterocycles. The first-order valence-electron chi connectivity index (χ1n) is 9.63. The maximum absolute atomic E-state index is 12.5. The van der Waals surface area contributed by atoms with Crippen LogP contribution in [0.2, 0.25) is 0 Å². The third kappa shape index (κ3) is 6.31. The average molecular weight is 423 g/mol. The highest BCUT2D eigenvalue weighted by atomic mass is 35.5. The second kappa shape index (κ2) is 11.6. The summed E-state index contributed by atoms with van der Waals surface area (Å²) in [6.07, 6.45) is 2.51. The lowest BCUT2D eigenvalue weighted by atomic mass is 9.95. The van der Waals surface area contributed by atoms with Gasteiger partial charge >= 0.3 is 0 Å². The Hall–Kier alpha value is -1.39. The zero-order valence-electron chi connectivity index (χ0n) is 17.0. The van der Waals surface area contributed by atoms with Crippen LogP contribution in [-0.4, -0.2) is 55.4 Å². The van der Waals surface area contributed by atoms with Gasteiger partial charge in [0.05, 0.1) is 0 Å². The summed E-state index contributed by atoms with van der Waals surface area (Å²) in [7, 11) is 4.36. The molecule has 0 amide bonds. The van der Waals surface area contributed by atoms with Crippen LogP contribution in [0, 0.1) is 0 Å². The number of nitrogens with zero attached hydrogens (tertiary/aromatic N) is 2. The fourth-order valence-electron chi connectivity index (χ4n) is 3.83. The van der Waals surface area contributed by atoms with Crippen molar-refractivity contribution in [2.45, 2.75) is 31.7 Å². The van der Waals surface area contributed by atoms with Crippen molar-refractivity contribution in [2.75, 3.05) is 33.7 Å². The Kier molecular flexibility index (Phi) is 10.2. The molecular weight excluding hydrogens is 391 g/mol. The molecular formula is C23H32Cl2N2O. The Balaban J connectivity index is 0.00000196. The number of benzene rings is 2. The molecule has 1 aliphatic rings. The number of carbonyl (C=O) groups is 1. The Morgan fingerprint density at radius 1 is 0.964 bits per heavy atom. The van der Waals surface area contributed by atoms with Crippen LogP contribution in [-0.2, 0) is 0 Å². The number of piperidine rings is 1. The first-order valence-corrected chi connectivity index (χ1v) is 9.63. The Morgan fingerprint density at radius 3 is 2.04 bits per heavy atom. The molecule has 1 atom stereocenters. The second-order valence-corrected chi connectivity index (χ2v) is 7.71. The number of carbonyl (C=O) groups excluding carboxylic acids is 1. The molecule has 0 bridgehead atoms. The van der Waals surface area contributed by atoms with Gasteiger partial charge in [0.1, 0.15) is 0 Å². The zero-order chi connectivity index (χ0) is 18.5. The summed E-state index contributed by atoms with van der Waals surface area (Å²) in [5.41, 5.74) is 2.82. The van der Waals surface area contributed by atoms with Crippen molar-refractivity contribution in [3.05, 3.63) is 71.3 Å². The van der Waals surface area contributed by atoms with Gasteiger partial charge in [-0.1, -0.05) is 61.5 Å². The van der Waals surface area contributed by atoms with Crippen LogP contribution in [0.3, 0.4) is 0 Å². The second-order valence-electron chi connectivity index (χ2n) is 7.71. The maximum atomic E-state index is 12.5. The van der Waals surface area contributed by atoms with Gasteiger partial charge in [0.25, 0.3) is 0 Å². The molecule has 2 aromatic carbocycles. The van der Waals surface area contributed by atoms with Crippen molar-refractivity contribution < 1.29 is 4.79 Å². The molecule has 28 heavy (non-hydrogen) atoms. The molecule has 0 N–H and O–H groups in total. The van der Waals surface area contributed by atoms with Crippen LogP contribution >= 0.6 is 24.8 Å². The minimum atomic E-state index is 0. The van der Waals surface area contributed by atoms with Gasteiger partial charge in [0.15, 0.2) is 5.78 Å².